The average Bonchev–Trinajstić information content (AvgIpc) is 2.74. The molecule has 1 fully saturated rings. The minimum Gasteiger partial charge on any atom is -0.492 e. The van der Waals surface area contributed by atoms with Crippen LogP contribution in [0.3, 0.4) is 0 Å². The fraction of sp³-hybridized carbons (Fsp3) is 0.400. The third-order valence-electron chi connectivity index (χ3n) is 4.60. The maximum Gasteiger partial charge on any atom is 0.243 e. The average molecular weight is 455 g/mol. The van der Waals surface area contributed by atoms with E-state index in [1.54, 1.807) is 24.3 Å². The quantitative estimate of drug-likeness (QED) is 0.577. The van der Waals surface area contributed by atoms with Gasteiger partial charge in [-0.2, -0.15) is 4.31 Å². The number of aryl methyl sites for hydroxylation is 1. The minimum absolute atomic E-state index is 0.0959. The number of rotatable bonds is 9. The van der Waals surface area contributed by atoms with Crippen LogP contribution in [0.4, 0.5) is 0 Å². The zero-order chi connectivity index (χ0) is 21.6. The van der Waals surface area contributed by atoms with Crippen molar-refractivity contribution < 1.29 is 26.3 Å². The number of nitrogens with one attached hydrogen (secondary N) is 1. The van der Waals surface area contributed by atoms with E-state index in [1.165, 1.54) is 16.4 Å². The summed E-state index contributed by atoms with van der Waals surface area (Å²) in [6.45, 7) is 3.64. The molecule has 0 saturated carbocycles. The Morgan fingerprint density at radius 2 is 1.60 bits per heavy atom. The lowest BCUT2D eigenvalue weighted by Crippen LogP contribution is -2.40. The lowest BCUT2D eigenvalue weighted by Gasteiger charge is -2.26. The first-order valence-electron chi connectivity index (χ1n) is 9.60. The lowest BCUT2D eigenvalue weighted by atomic mass is 10.2. The highest BCUT2D eigenvalue weighted by atomic mass is 32.2. The Kier molecular flexibility index (Phi) is 7.48. The molecule has 10 heteroatoms. The summed E-state index contributed by atoms with van der Waals surface area (Å²) in [5, 5.41) is 0. The first-order valence-corrected chi connectivity index (χ1v) is 12.7. The molecule has 0 aliphatic carbocycles. The predicted octanol–water partition coefficient (Wildman–Crippen LogP) is 1.51. The molecule has 0 atom stereocenters. The fourth-order valence-electron chi connectivity index (χ4n) is 2.96. The number of sulfonamides is 2. The number of ether oxygens (including phenoxy) is 2. The van der Waals surface area contributed by atoms with Crippen molar-refractivity contribution >= 4 is 20.0 Å². The first kappa shape index (κ1) is 22.7. The van der Waals surface area contributed by atoms with E-state index in [-0.39, 0.29) is 23.8 Å². The van der Waals surface area contributed by atoms with Crippen molar-refractivity contribution in [2.24, 2.45) is 0 Å². The Labute approximate surface area is 177 Å². The van der Waals surface area contributed by atoms with E-state index in [0.717, 1.165) is 5.56 Å². The molecule has 0 aromatic heterocycles. The summed E-state index contributed by atoms with van der Waals surface area (Å²) in [6.07, 6.45) is 0. The van der Waals surface area contributed by atoms with Gasteiger partial charge in [0, 0.05) is 19.6 Å². The van der Waals surface area contributed by atoms with Gasteiger partial charge >= 0.3 is 0 Å². The van der Waals surface area contributed by atoms with Gasteiger partial charge in [0.25, 0.3) is 0 Å². The van der Waals surface area contributed by atoms with Crippen molar-refractivity contribution in [2.45, 2.75) is 17.6 Å². The zero-order valence-electron chi connectivity index (χ0n) is 16.8. The Bertz CT molecular complexity index is 1030. The van der Waals surface area contributed by atoms with Crippen LogP contribution in [-0.4, -0.2) is 60.6 Å². The van der Waals surface area contributed by atoms with Crippen molar-refractivity contribution in [3.8, 4) is 5.75 Å². The van der Waals surface area contributed by atoms with Crippen LogP contribution in [0.5, 0.6) is 5.75 Å². The van der Waals surface area contributed by atoms with Gasteiger partial charge in [-0.1, -0.05) is 29.8 Å². The molecule has 1 saturated heterocycles. The van der Waals surface area contributed by atoms with Crippen LogP contribution in [0.15, 0.2) is 53.4 Å². The van der Waals surface area contributed by atoms with Crippen molar-refractivity contribution in [1.29, 1.82) is 0 Å². The van der Waals surface area contributed by atoms with Crippen LogP contribution in [0, 0.1) is 6.92 Å². The molecule has 30 heavy (non-hydrogen) atoms. The Hall–Kier alpha value is -1.98. The van der Waals surface area contributed by atoms with E-state index in [0.29, 0.717) is 37.6 Å². The highest BCUT2D eigenvalue weighted by Gasteiger charge is 2.26. The van der Waals surface area contributed by atoms with Crippen molar-refractivity contribution in [2.75, 3.05) is 39.5 Å². The van der Waals surface area contributed by atoms with Crippen LogP contribution in [0.1, 0.15) is 11.1 Å². The van der Waals surface area contributed by atoms with Gasteiger partial charge in [-0.05, 0) is 36.8 Å². The topological polar surface area (TPSA) is 102 Å². The smallest absolute Gasteiger partial charge is 0.243 e. The summed E-state index contributed by atoms with van der Waals surface area (Å²) in [7, 11) is -7.02. The molecular formula is C20H26N2O6S2. The number of benzene rings is 2. The standard InChI is InChI=1S/C20H26N2O6S2/c1-17-2-4-18(5-3-17)16-29(23,24)21-10-13-28-19-6-8-20(9-7-19)30(25,26)22-11-14-27-15-12-22/h2-9,21H,10-16H2,1H3. The molecule has 1 aliphatic rings. The molecule has 0 amide bonds. The van der Waals surface area contributed by atoms with Gasteiger partial charge in [0.05, 0.1) is 23.9 Å². The number of morpholine rings is 1. The van der Waals surface area contributed by atoms with Gasteiger partial charge < -0.3 is 9.47 Å². The summed E-state index contributed by atoms with van der Waals surface area (Å²) < 4.78 is 64.1. The highest BCUT2D eigenvalue weighted by molar-refractivity contribution is 7.89. The summed E-state index contributed by atoms with van der Waals surface area (Å²) in [6, 6.07) is 13.4. The SMILES string of the molecule is Cc1ccc(CS(=O)(=O)NCCOc2ccc(S(=O)(=O)N3CCOCC3)cc2)cc1. The molecule has 1 N–H and O–H groups in total. The van der Waals surface area contributed by atoms with Gasteiger partial charge in [0.15, 0.2) is 0 Å². The van der Waals surface area contributed by atoms with Gasteiger partial charge in [0.1, 0.15) is 12.4 Å². The molecule has 3 rings (SSSR count). The van der Waals surface area contributed by atoms with E-state index in [4.69, 9.17) is 9.47 Å². The monoisotopic (exact) mass is 454 g/mol. The minimum atomic E-state index is -3.55. The molecular weight excluding hydrogens is 428 g/mol. The van der Waals surface area contributed by atoms with Crippen molar-refractivity contribution in [3.05, 3.63) is 59.7 Å². The van der Waals surface area contributed by atoms with Crippen molar-refractivity contribution in [3.63, 3.8) is 0 Å². The van der Waals surface area contributed by atoms with E-state index in [9.17, 15) is 16.8 Å². The molecule has 2 aromatic rings. The molecule has 0 spiro atoms. The number of nitrogens with zero attached hydrogens (tertiary/aromatic N) is 1. The van der Waals surface area contributed by atoms with Gasteiger partial charge in [-0.3, -0.25) is 0 Å². The summed E-state index contributed by atoms with van der Waals surface area (Å²) in [5.41, 5.74) is 1.78. The second-order valence-electron chi connectivity index (χ2n) is 6.98. The molecule has 0 bridgehead atoms. The first-order chi connectivity index (χ1) is 14.3. The van der Waals surface area contributed by atoms with Crippen LogP contribution >= 0.6 is 0 Å². The van der Waals surface area contributed by atoms with Crippen LogP contribution in [0.25, 0.3) is 0 Å². The van der Waals surface area contributed by atoms with Crippen LogP contribution < -0.4 is 9.46 Å². The Morgan fingerprint density at radius 3 is 2.23 bits per heavy atom. The largest absolute Gasteiger partial charge is 0.492 e. The van der Waals surface area contributed by atoms with E-state index < -0.39 is 20.0 Å². The molecule has 0 unspecified atom stereocenters. The third-order valence-corrected chi connectivity index (χ3v) is 7.87. The number of hydrogen-bond donors (Lipinski definition) is 1. The zero-order valence-corrected chi connectivity index (χ0v) is 18.4. The molecule has 0 radical (unpaired) electrons. The van der Waals surface area contributed by atoms with E-state index in [1.807, 2.05) is 19.1 Å². The third kappa shape index (κ3) is 6.26. The molecule has 2 aromatic carbocycles. The fourth-order valence-corrected chi connectivity index (χ4v) is 5.50. The van der Waals surface area contributed by atoms with Crippen LogP contribution in [-0.2, 0) is 30.5 Å². The molecule has 1 aliphatic heterocycles. The molecule has 164 valence electrons. The van der Waals surface area contributed by atoms with Gasteiger partial charge in [-0.15, -0.1) is 0 Å². The van der Waals surface area contributed by atoms with E-state index in [2.05, 4.69) is 4.72 Å². The maximum atomic E-state index is 12.6. The molecule has 1 heterocycles. The van der Waals surface area contributed by atoms with Crippen molar-refractivity contribution in [1.82, 2.24) is 9.03 Å². The number of hydrogen-bond acceptors (Lipinski definition) is 6. The van der Waals surface area contributed by atoms with Crippen LogP contribution in [0.2, 0.25) is 0 Å². The highest BCUT2D eigenvalue weighted by Crippen LogP contribution is 2.20. The Morgan fingerprint density at radius 1 is 0.967 bits per heavy atom. The van der Waals surface area contributed by atoms with Gasteiger partial charge in [0.2, 0.25) is 20.0 Å². The second kappa shape index (κ2) is 9.88. The van der Waals surface area contributed by atoms with Gasteiger partial charge in [-0.25, -0.2) is 21.6 Å². The van der Waals surface area contributed by atoms with E-state index >= 15 is 0 Å². The lowest BCUT2D eigenvalue weighted by molar-refractivity contribution is 0.0730. The summed E-state index contributed by atoms with van der Waals surface area (Å²) >= 11 is 0. The molecule has 8 nitrogen and oxygen atoms in total. The Balaban J connectivity index is 1.47. The normalized spacial score (nSPS) is 15.8. The summed E-state index contributed by atoms with van der Waals surface area (Å²) in [4.78, 5) is 0.190. The second-order valence-corrected chi connectivity index (χ2v) is 10.7. The maximum absolute atomic E-state index is 12.6. The predicted molar refractivity (Wildman–Crippen MR) is 113 cm³/mol. The summed E-state index contributed by atoms with van der Waals surface area (Å²) in [5.74, 6) is 0.370.